The van der Waals surface area contributed by atoms with Crippen LogP contribution in [0.25, 0.3) is 0 Å². The summed E-state index contributed by atoms with van der Waals surface area (Å²) in [6, 6.07) is -0.736. The van der Waals surface area contributed by atoms with E-state index in [4.69, 9.17) is 19.9 Å². The molecule has 3 saturated carbocycles. The van der Waals surface area contributed by atoms with Gasteiger partial charge in [0.2, 0.25) is 0 Å². The smallest absolute Gasteiger partial charge is 0.323 e. The fourth-order valence-corrected chi connectivity index (χ4v) is 11.5. The van der Waals surface area contributed by atoms with Gasteiger partial charge in [-0.3, -0.25) is 14.4 Å². The van der Waals surface area contributed by atoms with Crippen molar-refractivity contribution in [3.05, 3.63) is 11.6 Å². The molecule has 0 aromatic heterocycles. The Balaban J connectivity index is 1.59. The van der Waals surface area contributed by atoms with Crippen LogP contribution < -0.4 is 5.73 Å². The molecule has 4 fully saturated rings. The lowest BCUT2D eigenvalue weighted by atomic mass is 9.34. The monoisotopic (exact) mass is 615 g/mol. The second-order valence-corrected chi connectivity index (χ2v) is 16.6. The highest BCUT2D eigenvalue weighted by molar-refractivity contribution is 5.76. The molecule has 4 aliphatic carbocycles. The molecule has 1 unspecified atom stereocenters. The van der Waals surface area contributed by atoms with E-state index in [2.05, 4.69) is 54.5 Å². The fraction of sp³-hybridized carbons (Fsp3) is 0.861. The summed E-state index contributed by atoms with van der Waals surface area (Å²) in [6.07, 6.45) is 6.52. The van der Waals surface area contributed by atoms with Gasteiger partial charge in [0.05, 0.1) is 19.1 Å². The Morgan fingerprint density at radius 2 is 1.73 bits per heavy atom. The van der Waals surface area contributed by atoms with Crippen LogP contribution in [0.4, 0.5) is 0 Å². The molecule has 1 saturated heterocycles. The van der Waals surface area contributed by atoms with Crippen molar-refractivity contribution < 1.29 is 33.7 Å². The molecule has 5 rings (SSSR count). The van der Waals surface area contributed by atoms with Gasteiger partial charge in [-0.05, 0) is 84.9 Å². The van der Waals surface area contributed by atoms with Crippen molar-refractivity contribution in [2.75, 3.05) is 13.2 Å². The number of carboxylic acids is 1. The third kappa shape index (κ3) is 4.54. The predicted octanol–water partition coefficient (Wildman–Crippen LogP) is 6.16. The van der Waals surface area contributed by atoms with Crippen LogP contribution >= 0.6 is 0 Å². The third-order valence-corrected chi connectivity index (χ3v) is 14.4. The summed E-state index contributed by atoms with van der Waals surface area (Å²) in [7, 11) is 0. The summed E-state index contributed by atoms with van der Waals surface area (Å²) >= 11 is 0. The van der Waals surface area contributed by atoms with E-state index in [1.807, 2.05) is 6.92 Å². The van der Waals surface area contributed by atoms with Gasteiger partial charge >= 0.3 is 17.9 Å². The molecule has 12 atom stereocenters. The molecule has 8 heteroatoms. The van der Waals surface area contributed by atoms with Crippen LogP contribution in [0.15, 0.2) is 11.6 Å². The number of nitrogens with two attached hydrogens (primary N) is 1. The normalized spacial score (nSPS) is 46.0. The van der Waals surface area contributed by atoms with Crippen molar-refractivity contribution in [3.63, 3.8) is 0 Å². The molecule has 8 nitrogen and oxygen atoms in total. The van der Waals surface area contributed by atoms with Crippen LogP contribution in [0.5, 0.6) is 0 Å². The van der Waals surface area contributed by atoms with Gasteiger partial charge in [0.15, 0.2) is 0 Å². The lowest BCUT2D eigenvalue weighted by Gasteiger charge is -2.71. The van der Waals surface area contributed by atoms with Crippen molar-refractivity contribution >= 4 is 17.9 Å². The first kappa shape index (κ1) is 33.4. The highest BCUT2D eigenvalue weighted by Crippen LogP contribution is 2.75. The van der Waals surface area contributed by atoms with Gasteiger partial charge in [0.1, 0.15) is 18.2 Å². The molecular formula is C36H57NO7. The van der Waals surface area contributed by atoms with Crippen molar-refractivity contribution in [1.82, 2.24) is 0 Å². The summed E-state index contributed by atoms with van der Waals surface area (Å²) in [5, 5.41) is 10.9. The summed E-state index contributed by atoms with van der Waals surface area (Å²) in [4.78, 5) is 38.8. The molecule has 3 N–H and O–H groups in total. The topological polar surface area (TPSA) is 125 Å². The first-order valence-electron chi connectivity index (χ1n) is 17.1. The molecule has 0 spiro atoms. The summed E-state index contributed by atoms with van der Waals surface area (Å²) in [5.41, 5.74) is 5.58. The minimum Gasteiger partial charge on any atom is -0.481 e. The Bertz CT molecular complexity index is 1210. The lowest BCUT2D eigenvalue weighted by molar-refractivity contribution is -0.263. The molecule has 44 heavy (non-hydrogen) atoms. The molecule has 5 aliphatic rings. The second-order valence-electron chi connectivity index (χ2n) is 16.6. The Morgan fingerprint density at radius 1 is 1.05 bits per heavy atom. The van der Waals surface area contributed by atoms with Gasteiger partial charge in [-0.25, -0.2) is 0 Å². The zero-order valence-electron chi connectivity index (χ0n) is 28.5. The van der Waals surface area contributed by atoms with Gasteiger partial charge in [-0.1, -0.05) is 67.0 Å². The van der Waals surface area contributed by atoms with Crippen molar-refractivity contribution in [2.24, 2.45) is 62.4 Å². The summed E-state index contributed by atoms with van der Waals surface area (Å²) in [6.45, 7) is 19.9. The van der Waals surface area contributed by atoms with Crippen LogP contribution in [0.3, 0.4) is 0 Å². The molecule has 0 amide bonds. The maximum atomic E-state index is 13.3. The van der Waals surface area contributed by atoms with Gasteiger partial charge in [-0.15, -0.1) is 0 Å². The third-order valence-electron chi connectivity index (χ3n) is 14.4. The number of fused-ring (bicyclic) bond motifs is 3. The van der Waals surface area contributed by atoms with E-state index in [0.29, 0.717) is 38.4 Å². The van der Waals surface area contributed by atoms with E-state index in [1.165, 1.54) is 12.5 Å². The maximum Gasteiger partial charge on any atom is 0.323 e. The molecular weight excluding hydrogens is 558 g/mol. The van der Waals surface area contributed by atoms with E-state index in [1.54, 1.807) is 0 Å². The maximum absolute atomic E-state index is 13.3. The Labute approximate surface area is 264 Å². The summed E-state index contributed by atoms with van der Waals surface area (Å²) in [5.74, 6) is -0.949. The average Bonchev–Trinajstić information content (AvgIpc) is 2.94. The van der Waals surface area contributed by atoms with Gasteiger partial charge in [0, 0.05) is 17.8 Å². The van der Waals surface area contributed by atoms with Crippen molar-refractivity contribution in [2.45, 2.75) is 126 Å². The zero-order valence-corrected chi connectivity index (χ0v) is 28.5. The minimum atomic E-state index is -0.736. The molecule has 2 bridgehead atoms. The van der Waals surface area contributed by atoms with Crippen molar-refractivity contribution in [1.29, 1.82) is 0 Å². The van der Waals surface area contributed by atoms with E-state index in [9.17, 15) is 19.5 Å². The summed E-state index contributed by atoms with van der Waals surface area (Å²) < 4.78 is 18.6. The zero-order chi connectivity index (χ0) is 32.6. The highest BCUT2D eigenvalue weighted by Gasteiger charge is 2.72. The second kappa shape index (κ2) is 11.1. The number of esters is 2. The van der Waals surface area contributed by atoms with Crippen LogP contribution in [-0.4, -0.2) is 54.5 Å². The first-order valence-corrected chi connectivity index (χ1v) is 17.1. The molecule has 1 heterocycles. The van der Waals surface area contributed by atoms with Crippen molar-refractivity contribution in [3.8, 4) is 0 Å². The molecule has 0 aromatic rings. The Hall–Kier alpha value is -1.93. The van der Waals surface area contributed by atoms with E-state index < -0.39 is 52.9 Å². The van der Waals surface area contributed by atoms with E-state index in [-0.39, 0.29) is 34.0 Å². The van der Waals surface area contributed by atoms with Gasteiger partial charge in [0.25, 0.3) is 0 Å². The van der Waals surface area contributed by atoms with Gasteiger partial charge < -0.3 is 25.1 Å². The van der Waals surface area contributed by atoms with E-state index >= 15 is 0 Å². The first-order chi connectivity index (χ1) is 20.4. The predicted molar refractivity (Wildman–Crippen MR) is 167 cm³/mol. The standard InChI is InChI=1S/C36H57NO7/c1-10-25(37)31(41)44-29-26(43-22(5)38)17-36-19-42-18-33(29,7)27(36)12-11-23-24(36)13-14-35(9)28(30(39)40)32(6,21(4)20(2)3)15-16-34(23,35)8/h13,20-21,23,25-29H,10-12,14-19,37H2,1-9H3,(H,39,40)/t21-,23+,25?,26-,27+,28-,29+,32-,33-,34-,35+,36+/m1/s1. The number of rotatable bonds is 7. The largest absolute Gasteiger partial charge is 0.481 e. The molecule has 0 aromatic carbocycles. The van der Waals surface area contributed by atoms with Crippen LogP contribution in [0.2, 0.25) is 0 Å². The quantitative estimate of drug-likeness (QED) is 0.258. The number of carbonyl (C=O) groups is 3. The number of aliphatic carboxylic acids is 1. The minimum absolute atomic E-state index is 0.173. The van der Waals surface area contributed by atoms with Gasteiger partial charge in [-0.2, -0.15) is 0 Å². The molecule has 0 radical (unpaired) electrons. The lowest BCUT2D eigenvalue weighted by Crippen LogP contribution is -2.70. The Morgan fingerprint density at radius 3 is 2.32 bits per heavy atom. The number of ether oxygens (including phenoxy) is 3. The van der Waals surface area contributed by atoms with E-state index in [0.717, 1.165) is 25.7 Å². The number of hydrogen-bond donors (Lipinski definition) is 2. The van der Waals surface area contributed by atoms with Crippen LogP contribution in [-0.2, 0) is 28.6 Å². The van der Waals surface area contributed by atoms with Crippen LogP contribution in [0, 0.1) is 56.7 Å². The number of hydrogen-bond acceptors (Lipinski definition) is 7. The fourth-order valence-electron chi connectivity index (χ4n) is 11.5. The molecule has 1 aliphatic heterocycles. The van der Waals surface area contributed by atoms with Crippen LogP contribution in [0.1, 0.15) is 107 Å². The highest BCUT2D eigenvalue weighted by atomic mass is 16.6. The SMILES string of the molecule is CCC(N)C(=O)O[C@H]1[C@H](OC(C)=O)C[C@@]23COC[C@]1(C)[C@@H]2CC[C@H]1C3=CC[C@@]2(C)[C@H](C(=O)O)[C@@](C)([C@H](C)C(C)C)CC[C@]12C. The average molecular weight is 616 g/mol. The number of carboxylic acid groups (broad SMARTS) is 1. The number of carbonyl (C=O) groups excluding carboxylic acids is 2. The Kier molecular flexibility index (Phi) is 8.44. The molecule has 248 valence electrons. The number of allylic oxidation sites excluding steroid dienone is 1.